The Morgan fingerprint density at radius 3 is 2.67 bits per heavy atom. The molecule has 0 aromatic carbocycles. The zero-order valence-corrected chi connectivity index (χ0v) is 20.3. The van der Waals surface area contributed by atoms with Gasteiger partial charge < -0.3 is 44.5 Å². The van der Waals surface area contributed by atoms with Crippen LogP contribution in [0.1, 0.15) is 67.5 Å². The lowest BCUT2D eigenvalue weighted by Gasteiger charge is -2.61. The first kappa shape index (κ1) is 24.9. The number of aliphatic hydroxyl groups is 6. The maximum atomic E-state index is 13.2. The first-order chi connectivity index (χ1) is 17.1. The van der Waals surface area contributed by atoms with Crippen molar-refractivity contribution in [3.05, 3.63) is 23.7 Å². The fourth-order valence-electron chi connectivity index (χ4n) is 8.97. The molecular formula is C26H36O10. The van der Waals surface area contributed by atoms with E-state index < -0.39 is 54.4 Å². The Bertz CT molecular complexity index is 1020. The molecule has 4 aliphatic carbocycles. The highest BCUT2D eigenvalue weighted by Crippen LogP contribution is 2.72. The predicted octanol–water partition coefficient (Wildman–Crippen LogP) is 0.0745. The fourth-order valence-corrected chi connectivity index (χ4v) is 8.97. The lowest BCUT2D eigenvalue weighted by atomic mass is 9.44. The second kappa shape index (κ2) is 8.31. The van der Waals surface area contributed by atoms with Crippen molar-refractivity contribution in [2.75, 3.05) is 13.2 Å². The third-order valence-electron chi connectivity index (χ3n) is 10.4. The predicted molar refractivity (Wildman–Crippen MR) is 122 cm³/mol. The first-order valence-electron chi connectivity index (χ1n) is 13.0. The molecule has 6 N–H and O–H groups in total. The molecule has 0 radical (unpaired) electrons. The van der Waals surface area contributed by atoms with E-state index in [9.17, 15) is 35.4 Å². The minimum Gasteiger partial charge on any atom is -0.461 e. The van der Waals surface area contributed by atoms with Gasteiger partial charge in [-0.1, -0.05) is 6.92 Å². The summed E-state index contributed by atoms with van der Waals surface area (Å²) in [6.45, 7) is 1.16. The average Bonchev–Trinajstić information content (AvgIpc) is 3.41. The molecule has 2 heterocycles. The molecule has 10 heteroatoms. The van der Waals surface area contributed by atoms with Crippen LogP contribution in [-0.4, -0.2) is 92.0 Å². The third kappa shape index (κ3) is 3.29. The van der Waals surface area contributed by atoms with Gasteiger partial charge >= 0.3 is 0 Å². The summed E-state index contributed by atoms with van der Waals surface area (Å²) in [6, 6.07) is 1.87. The summed E-state index contributed by atoms with van der Waals surface area (Å²) in [6.07, 6.45) is -2.69. The largest absolute Gasteiger partial charge is 0.461 e. The summed E-state index contributed by atoms with van der Waals surface area (Å²) < 4.78 is 17.6. The Hall–Kier alpha value is -1.37. The van der Waals surface area contributed by atoms with Crippen LogP contribution in [0.2, 0.25) is 0 Å². The molecule has 1 saturated heterocycles. The molecule has 1 aliphatic heterocycles. The van der Waals surface area contributed by atoms with Gasteiger partial charge in [0.05, 0.1) is 31.2 Å². The minimum atomic E-state index is -1.57. The molecule has 6 rings (SSSR count). The van der Waals surface area contributed by atoms with Gasteiger partial charge in [-0.15, -0.1) is 0 Å². The van der Waals surface area contributed by atoms with Crippen LogP contribution in [0.5, 0.6) is 0 Å². The van der Waals surface area contributed by atoms with E-state index in [2.05, 4.69) is 6.92 Å². The Kier molecular flexibility index (Phi) is 5.76. The van der Waals surface area contributed by atoms with Crippen LogP contribution in [0.3, 0.4) is 0 Å². The van der Waals surface area contributed by atoms with Gasteiger partial charge in [0.2, 0.25) is 0 Å². The average molecular weight is 509 g/mol. The Morgan fingerprint density at radius 1 is 1.17 bits per heavy atom. The maximum Gasteiger partial charge on any atom is 0.198 e. The number of Topliss-reactive ketones (excluding diaryl/α,β-unsaturated/α-hetero) is 1. The zero-order valence-electron chi connectivity index (χ0n) is 20.3. The van der Waals surface area contributed by atoms with Gasteiger partial charge in [-0.05, 0) is 66.8 Å². The van der Waals surface area contributed by atoms with E-state index in [4.69, 9.17) is 13.9 Å². The van der Waals surface area contributed by atoms with Gasteiger partial charge in [-0.2, -0.15) is 0 Å². The number of furan rings is 1. The lowest BCUT2D eigenvalue weighted by molar-refractivity contribution is -0.326. The van der Waals surface area contributed by atoms with Crippen LogP contribution >= 0.6 is 0 Å². The Balaban J connectivity index is 1.40. The van der Waals surface area contributed by atoms with Crippen LogP contribution in [-0.2, 0) is 9.47 Å². The fraction of sp³-hybridized carbons (Fsp3) is 0.808. The van der Waals surface area contributed by atoms with Gasteiger partial charge in [0.15, 0.2) is 17.8 Å². The normalized spacial score (nSPS) is 52.0. The van der Waals surface area contributed by atoms with Crippen molar-refractivity contribution in [3.8, 4) is 0 Å². The summed E-state index contributed by atoms with van der Waals surface area (Å²) >= 11 is 0. The van der Waals surface area contributed by atoms with Gasteiger partial charge in [-0.25, -0.2) is 0 Å². The minimum absolute atomic E-state index is 0.0415. The van der Waals surface area contributed by atoms with Crippen molar-refractivity contribution in [1.82, 2.24) is 0 Å². The van der Waals surface area contributed by atoms with Crippen molar-refractivity contribution in [1.29, 1.82) is 0 Å². The lowest BCUT2D eigenvalue weighted by Crippen LogP contribution is -2.62. The van der Waals surface area contributed by atoms with Crippen LogP contribution in [0.4, 0.5) is 0 Å². The van der Waals surface area contributed by atoms with Gasteiger partial charge in [-0.3, -0.25) is 4.79 Å². The van der Waals surface area contributed by atoms with Gasteiger partial charge in [0.25, 0.3) is 0 Å². The smallest absolute Gasteiger partial charge is 0.198 e. The number of aliphatic hydroxyl groups excluding tert-OH is 5. The molecule has 36 heavy (non-hydrogen) atoms. The van der Waals surface area contributed by atoms with Crippen LogP contribution in [0.25, 0.3) is 0 Å². The van der Waals surface area contributed by atoms with Crippen molar-refractivity contribution < 1.29 is 49.3 Å². The highest BCUT2D eigenvalue weighted by atomic mass is 16.7. The molecule has 1 spiro atoms. The molecule has 10 nitrogen and oxygen atoms in total. The Morgan fingerprint density at radius 2 is 1.94 bits per heavy atom. The summed E-state index contributed by atoms with van der Waals surface area (Å²) in [5.74, 6) is -0.0703. The molecule has 1 aromatic heterocycles. The number of ketones is 1. The zero-order chi connectivity index (χ0) is 25.6. The molecule has 4 fully saturated rings. The first-order valence-corrected chi connectivity index (χ1v) is 13.0. The van der Waals surface area contributed by atoms with Crippen molar-refractivity contribution in [2.24, 2.45) is 22.7 Å². The number of ether oxygens (including phenoxy) is 2. The summed E-state index contributed by atoms with van der Waals surface area (Å²) in [5, 5.41) is 62.4. The van der Waals surface area contributed by atoms with Crippen LogP contribution in [0.15, 0.2) is 16.7 Å². The van der Waals surface area contributed by atoms with Crippen molar-refractivity contribution in [3.63, 3.8) is 0 Å². The van der Waals surface area contributed by atoms with E-state index in [0.29, 0.717) is 25.0 Å². The van der Waals surface area contributed by atoms with Gasteiger partial charge in [0, 0.05) is 12.0 Å². The number of fused-ring (bicyclic) bond motifs is 5. The number of rotatable bonds is 4. The molecular weight excluding hydrogens is 472 g/mol. The maximum absolute atomic E-state index is 13.2. The number of carbonyl (C=O) groups excluding carboxylic acids is 1. The van der Waals surface area contributed by atoms with Crippen LogP contribution in [0, 0.1) is 22.7 Å². The second-order valence-electron chi connectivity index (χ2n) is 12.2. The summed E-state index contributed by atoms with van der Waals surface area (Å²) in [7, 11) is 0. The second-order valence-corrected chi connectivity index (χ2v) is 12.2. The van der Waals surface area contributed by atoms with E-state index in [1.807, 2.05) is 6.07 Å². The quantitative estimate of drug-likeness (QED) is 0.327. The number of hydrogen-bond donors (Lipinski definition) is 6. The molecule has 0 amide bonds. The topological polar surface area (TPSA) is 170 Å². The monoisotopic (exact) mass is 508 g/mol. The van der Waals surface area contributed by atoms with E-state index in [1.54, 1.807) is 6.26 Å². The molecule has 2 bridgehead atoms. The van der Waals surface area contributed by atoms with Crippen LogP contribution < -0.4 is 0 Å². The SMILES string of the molecule is CC12CC(=O)c3occc3C1CCC13CC(CC(OC4OC(CO)C(O)C(O)C4O)C12)C(O)(CO)C3. The van der Waals surface area contributed by atoms with Crippen molar-refractivity contribution in [2.45, 2.75) is 93.8 Å². The van der Waals surface area contributed by atoms with E-state index in [1.165, 1.54) is 0 Å². The summed E-state index contributed by atoms with van der Waals surface area (Å²) in [4.78, 5) is 13.2. The standard InChI is InChI=1S/C26H36O10/c1-24-8-15(29)21-13(3-5-34-21)14(24)2-4-25-7-12(26(33,10-25)11-28)6-16(22(24)25)35-23-20(32)19(31)18(30)17(9-27)36-23/h3,5,12,14,16-20,22-23,27-28,30-33H,2,4,6-11H2,1H3. The highest BCUT2D eigenvalue weighted by Gasteiger charge is 2.70. The third-order valence-corrected chi connectivity index (χ3v) is 10.4. The molecule has 3 saturated carbocycles. The van der Waals surface area contributed by atoms with E-state index >= 15 is 0 Å². The molecule has 200 valence electrons. The highest BCUT2D eigenvalue weighted by molar-refractivity contribution is 5.97. The summed E-state index contributed by atoms with van der Waals surface area (Å²) in [5.41, 5.74) is -1.29. The number of carbonyl (C=O) groups is 1. The molecule has 12 atom stereocenters. The molecule has 12 unspecified atom stereocenters. The van der Waals surface area contributed by atoms with E-state index in [-0.39, 0.29) is 42.0 Å². The molecule has 1 aromatic rings. The van der Waals surface area contributed by atoms with E-state index in [0.717, 1.165) is 18.4 Å². The Labute approximate surface area is 208 Å². The van der Waals surface area contributed by atoms with Gasteiger partial charge in [0.1, 0.15) is 24.4 Å². The number of hydrogen-bond acceptors (Lipinski definition) is 10. The molecule has 5 aliphatic rings. The van der Waals surface area contributed by atoms with Crippen molar-refractivity contribution >= 4 is 5.78 Å².